The number of hydrogen-bond donors (Lipinski definition) is 2. The number of anilines is 1. The summed E-state index contributed by atoms with van der Waals surface area (Å²) in [4.78, 5) is 18.3. The van der Waals surface area contributed by atoms with E-state index in [4.69, 9.17) is 0 Å². The second-order valence-corrected chi connectivity index (χ2v) is 8.04. The number of nitrogens with zero attached hydrogens (tertiary/aromatic N) is 1. The van der Waals surface area contributed by atoms with Crippen LogP contribution in [0, 0.1) is 0 Å². The van der Waals surface area contributed by atoms with Crippen molar-refractivity contribution in [3.63, 3.8) is 0 Å². The second kappa shape index (κ2) is 8.30. The number of rotatable bonds is 5. The van der Waals surface area contributed by atoms with Crippen molar-refractivity contribution in [2.75, 3.05) is 18.4 Å². The minimum atomic E-state index is 0.0478. The van der Waals surface area contributed by atoms with E-state index in [-0.39, 0.29) is 5.91 Å². The van der Waals surface area contributed by atoms with Crippen LogP contribution in [0.1, 0.15) is 63.4 Å². The zero-order chi connectivity index (χ0) is 18.6. The Hall–Kier alpha value is -2.07. The van der Waals surface area contributed by atoms with Crippen LogP contribution in [0.3, 0.4) is 0 Å². The number of allylic oxidation sites excluding steroid dienone is 1. The van der Waals surface area contributed by atoms with Gasteiger partial charge in [-0.3, -0.25) is 4.79 Å². The normalized spacial score (nSPS) is 23.6. The quantitative estimate of drug-likeness (QED) is 0.716. The molecule has 2 unspecified atom stereocenters. The fourth-order valence-corrected chi connectivity index (χ4v) is 4.80. The lowest BCUT2D eigenvalue weighted by Gasteiger charge is -2.42. The van der Waals surface area contributed by atoms with E-state index in [1.807, 2.05) is 18.2 Å². The Morgan fingerprint density at radius 2 is 2.19 bits per heavy atom. The fourth-order valence-electron chi connectivity index (χ4n) is 4.80. The van der Waals surface area contributed by atoms with E-state index in [0.29, 0.717) is 12.3 Å². The van der Waals surface area contributed by atoms with E-state index in [0.717, 1.165) is 18.2 Å². The van der Waals surface area contributed by atoms with Crippen molar-refractivity contribution in [1.29, 1.82) is 0 Å². The number of fused-ring (bicyclic) bond motifs is 2. The van der Waals surface area contributed by atoms with Crippen LogP contribution < -0.4 is 5.32 Å². The Kier molecular flexibility index (Phi) is 5.63. The molecule has 2 aromatic rings. The maximum absolute atomic E-state index is 12.1. The summed E-state index contributed by atoms with van der Waals surface area (Å²) >= 11 is 0. The number of benzene rings is 1. The highest BCUT2D eigenvalue weighted by atomic mass is 16.1. The van der Waals surface area contributed by atoms with E-state index in [1.165, 1.54) is 61.7 Å². The third-order valence-electron chi connectivity index (χ3n) is 6.21. The van der Waals surface area contributed by atoms with Gasteiger partial charge in [0.05, 0.1) is 0 Å². The third kappa shape index (κ3) is 4.11. The predicted octanol–water partition coefficient (Wildman–Crippen LogP) is 5.19. The van der Waals surface area contributed by atoms with Crippen molar-refractivity contribution in [3.05, 3.63) is 42.1 Å². The molecule has 2 aliphatic heterocycles. The van der Waals surface area contributed by atoms with Crippen molar-refractivity contribution in [3.8, 4) is 0 Å². The molecule has 3 heterocycles. The van der Waals surface area contributed by atoms with Crippen LogP contribution in [-0.4, -0.2) is 34.9 Å². The van der Waals surface area contributed by atoms with E-state index < -0.39 is 0 Å². The molecular weight excluding hydrogens is 334 g/mol. The molecule has 0 saturated carbocycles. The van der Waals surface area contributed by atoms with Gasteiger partial charge in [-0.2, -0.15) is 0 Å². The number of H-pyrrole nitrogens is 1. The topological polar surface area (TPSA) is 48.1 Å². The molecule has 2 N–H and O–H groups in total. The molecule has 1 aromatic carbocycles. The molecule has 0 aliphatic carbocycles. The molecule has 4 heteroatoms. The van der Waals surface area contributed by atoms with Gasteiger partial charge in [0, 0.05) is 35.2 Å². The van der Waals surface area contributed by atoms with Gasteiger partial charge in [-0.05, 0) is 74.9 Å². The lowest BCUT2D eigenvalue weighted by atomic mass is 9.82. The first-order chi connectivity index (χ1) is 13.2. The highest BCUT2D eigenvalue weighted by Gasteiger charge is 2.31. The standard InChI is InChI=1S/C23H31N3O/c1-2-3-4-8-23(27)25-18-9-10-22-20(15-18)21(16-24-22)17-11-13-26-12-6-5-7-19(26)14-17/h3-4,9-10,15-17,19,24H,2,5-8,11-14H2,1H3,(H,25,27). The van der Waals surface area contributed by atoms with E-state index in [9.17, 15) is 4.79 Å². The average molecular weight is 366 g/mol. The zero-order valence-corrected chi connectivity index (χ0v) is 16.3. The number of piperidine rings is 2. The van der Waals surface area contributed by atoms with Crippen molar-refractivity contribution < 1.29 is 4.79 Å². The number of nitrogens with one attached hydrogen (secondary N) is 2. The molecule has 2 fully saturated rings. The fraction of sp³-hybridized carbons (Fsp3) is 0.522. The summed E-state index contributed by atoms with van der Waals surface area (Å²) < 4.78 is 0. The Labute approximate surface area is 162 Å². The van der Waals surface area contributed by atoms with Gasteiger partial charge in [0.1, 0.15) is 0 Å². The predicted molar refractivity (Wildman–Crippen MR) is 112 cm³/mol. The van der Waals surface area contributed by atoms with Crippen LogP contribution in [0.15, 0.2) is 36.5 Å². The van der Waals surface area contributed by atoms with Gasteiger partial charge in [-0.25, -0.2) is 0 Å². The maximum atomic E-state index is 12.1. The molecule has 2 aliphatic rings. The van der Waals surface area contributed by atoms with Crippen LogP contribution in [0.25, 0.3) is 10.9 Å². The first kappa shape index (κ1) is 18.3. The molecule has 0 radical (unpaired) electrons. The number of carbonyl (C=O) groups excluding carboxylic acids is 1. The number of aromatic amines is 1. The van der Waals surface area contributed by atoms with E-state index in [1.54, 1.807) is 0 Å². The van der Waals surface area contributed by atoms with Crippen molar-refractivity contribution >= 4 is 22.5 Å². The maximum Gasteiger partial charge on any atom is 0.228 e. The van der Waals surface area contributed by atoms with Gasteiger partial charge >= 0.3 is 0 Å². The van der Waals surface area contributed by atoms with E-state index in [2.05, 4.69) is 40.5 Å². The van der Waals surface area contributed by atoms with Crippen LogP contribution in [0.2, 0.25) is 0 Å². The molecule has 0 bridgehead atoms. The summed E-state index contributed by atoms with van der Waals surface area (Å²) in [6.07, 6.45) is 14.2. The lowest BCUT2D eigenvalue weighted by molar-refractivity contribution is -0.115. The van der Waals surface area contributed by atoms with Gasteiger partial charge in [0.2, 0.25) is 5.91 Å². The summed E-state index contributed by atoms with van der Waals surface area (Å²) in [7, 11) is 0. The molecule has 0 spiro atoms. The summed E-state index contributed by atoms with van der Waals surface area (Å²) in [6, 6.07) is 6.99. The van der Waals surface area contributed by atoms with Crippen molar-refractivity contribution in [2.24, 2.45) is 0 Å². The molecule has 2 saturated heterocycles. The highest BCUT2D eigenvalue weighted by molar-refractivity contribution is 5.95. The number of amides is 1. The lowest BCUT2D eigenvalue weighted by Crippen LogP contribution is -2.44. The molecule has 4 rings (SSSR count). The minimum absolute atomic E-state index is 0.0478. The molecule has 2 atom stereocenters. The molecule has 27 heavy (non-hydrogen) atoms. The van der Waals surface area contributed by atoms with E-state index >= 15 is 0 Å². The molecule has 4 nitrogen and oxygen atoms in total. The summed E-state index contributed by atoms with van der Waals surface area (Å²) in [5, 5.41) is 4.32. The SMILES string of the molecule is CCC=CCC(=O)Nc1ccc2[nH]cc(C3CCN4CCCCC4C3)c2c1. The molecule has 1 amide bonds. The van der Waals surface area contributed by atoms with Crippen molar-refractivity contribution in [2.45, 2.75) is 63.8 Å². The van der Waals surface area contributed by atoms with Crippen LogP contribution in [-0.2, 0) is 4.79 Å². The highest BCUT2D eigenvalue weighted by Crippen LogP contribution is 2.38. The van der Waals surface area contributed by atoms with Gasteiger partial charge in [-0.15, -0.1) is 0 Å². The first-order valence-electron chi connectivity index (χ1n) is 10.5. The summed E-state index contributed by atoms with van der Waals surface area (Å²) in [5.41, 5.74) is 3.49. The van der Waals surface area contributed by atoms with Gasteiger partial charge in [0.25, 0.3) is 0 Å². The van der Waals surface area contributed by atoms with Crippen LogP contribution >= 0.6 is 0 Å². The second-order valence-electron chi connectivity index (χ2n) is 8.04. The Morgan fingerprint density at radius 3 is 3.07 bits per heavy atom. The first-order valence-corrected chi connectivity index (χ1v) is 10.5. The zero-order valence-electron chi connectivity index (χ0n) is 16.3. The smallest absolute Gasteiger partial charge is 0.228 e. The average Bonchev–Trinajstić information content (AvgIpc) is 3.11. The molecule has 144 valence electrons. The van der Waals surface area contributed by atoms with Gasteiger partial charge in [-0.1, -0.05) is 25.5 Å². The Balaban J connectivity index is 1.50. The Morgan fingerprint density at radius 1 is 1.26 bits per heavy atom. The molecular formula is C23H31N3O. The largest absolute Gasteiger partial charge is 0.361 e. The van der Waals surface area contributed by atoms with Gasteiger partial charge < -0.3 is 15.2 Å². The van der Waals surface area contributed by atoms with Crippen LogP contribution in [0.4, 0.5) is 5.69 Å². The number of carbonyl (C=O) groups is 1. The molecule has 1 aromatic heterocycles. The third-order valence-corrected chi connectivity index (χ3v) is 6.21. The van der Waals surface area contributed by atoms with Gasteiger partial charge in [0.15, 0.2) is 0 Å². The Bertz CT molecular complexity index is 822. The van der Waals surface area contributed by atoms with Crippen molar-refractivity contribution in [1.82, 2.24) is 9.88 Å². The monoisotopic (exact) mass is 365 g/mol. The minimum Gasteiger partial charge on any atom is -0.361 e. The number of aromatic nitrogens is 1. The van der Waals surface area contributed by atoms with Crippen LogP contribution in [0.5, 0.6) is 0 Å². The number of hydrogen-bond acceptors (Lipinski definition) is 2. The summed E-state index contributed by atoms with van der Waals surface area (Å²) in [5.74, 6) is 0.670. The summed E-state index contributed by atoms with van der Waals surface area (Å²) in [6.45, 7) is 4.59.